The SMILES string of the molecule is CCOC(=O)Cc1[nH]nc2c1C(c1cncc(-c3ccc(F)cc3)c1)C(C#N)=C(N)O2. The Morgan fingerprint density at radius 3 is 2.81 bits per heavy atom. The van der Waals surface area contributed by atoms with E-state index in [1.165, 1.54) is 12.1 Å². The molecule has 9 heteroatoms. The number of rotatable bonds is 5. The minimum absolute atomic E-state index is 0.0682. The van der Waals surface area contributed by atoms with Gasteiger partial charge in [-0.25, -0.2) is 4.39 Å². The third-order valence-corrected chi connectivity index (χ3v) is 4.91. The standard InChI is InChI=1S/C22H18FN5O3/c1-2-30-18(29)8-17-20-19(16(9-24)21(25)31-22(20)28-27-17)14-7-13(10-26-11-14)12-3-5-15(23)6-4-12/h3-7,10-11,19H,2,8,25H2,1H3,(H,27,28). The third kappa shape index (κ3) is 3.83. The lowest BCUT2D eigenvalue weighted by Gasteiger charge is -2.24. The van der Waals surface area contributed by atoms with Gasteiger partial charge in [0.2, 0.25) is 11.8 Å². The molecule has 4 rings (SSSR count). The molecule has 0 spiro atoms. The van der Waals surface area contributed by atoms with Gasteiger partial charge in [-0.3, -0.25) is 14.9 Å². The Morgan fingerprint density at radius 1 is 1.32 bits per heavy atom. The molecule has 156 valence electrons. The maximum atomic E-state index is 13.3. The molecule has 0 bridgehead atoms. The molecule has 1 atom stereocenters. The molecule has 1 unspecified atom stereocenters. The van der Waals surface area contributed by atoms with Crippen LogP contribution in [0.2, 0.25) is 0 Å². The predicted molar refractivity (Wildman–Crippen MR) is 108 cm³/mol. The fraction of sp³-hybridized carbons (Fsp3) is 0.182. The van der Waals surface area contributed by atoms with Crippen LogP contribution in [0.15, 0.2) is 54.2 Å². The molecule has 3 heterocycles. The molecular formula is C22H18FN5O3. The van der Waals surface area contributed by atoms with Crippen LogP contribution in [0.1, 0.15) is 29.7 Å². The van der Waals surface area contributed by atoms with E-state index in [1.54, 1.807) is 31.5 Å². The monoisotopic (exact) mass is 419 g/mol. The first-order chi connectivity index (χ1) is 15.0. The average molecular weight is 419 g/mol. The summed E-state index contributed by atoms with van der Waals surface area (Å²) < 4.78 is 23.9. The van der Waals surface area contributed by atoms with Gasteiger partial charge in [-0.1, -0.05) is 12.1 Å². The summed E-state index contributed by atoms with van der Waals surface area (Å²) in [6, 6.07) is 9.95. The van der Waals surface area contributed by atoms with Crippen LogP contribution in [0.4, 0.5) is 4.39 Å². The summed E-state index contributed by atoms with van der Waals surface area (Å²) in [5.41, 5.74) is 9.29. The molecule has 8 nitrogen and oxygen atoms in total. The molecule has 1 aliphatic rings. The highest BCUT2D eigenvalue weighted by Crippen LogP contribution is 2.43. The van der Waals surface area contributed by atoms with Crippen molar-refractivity contribution in [1.82, 2.24) is 15.2 Å². The van der Waals surface area contributed by atoms with Crippen molar-refractivity contribution in [2.24, 2.45) is 5.73 Å². The maximum Gasteiger partial charge on any atom is 0.311 e. The summed E-state index contributed by atoms with van der Waals surface area (Å²) in [5, 5.41) is 16.7. The number of esters is 1. The normalized spacial score (nSPS) is 15.1. The lowest BCUT2D eigenvalue weighted by atomic mass is 9.83. The summed E-state index contributed by atoms with van der Waals surface area (Å²) in [6.45, 7) is 1.96. The van der Waals surface area contributed by atoms with Crippen molar-refractivity contribution in [3.63, 3.8) is 0 Å². The number of nitrogens with zero attached hydrogens (tertiary/aromatic N) is 3. The molecule has 2 aromatic heterocycles. The molecule has 0 saturated heterocycles. The molecule has 0 amide bonds. The number of halogens is 1. The van der Waals surface area contributed by atoms with Crippen LogP contribution < -0.4 is 10.5 Å². The number of carbonyl (C=O) groups excluding carboxylic acids is 1. The van der Waals surface area contributed by atoms with Crippen LogP contribution in [0.25, 0.3) is 11.1 Å². The van der Waals surface area contributed by atoms with Gasteiger partial charge < -0.3 is 15.2 Å². The summed E-state index contributed by atoms with van der Waals surface area (Å²) in [5.74, 6) is -1.31. The van der Waals surface area contributed by atoms with E-state index in [-0.39, 0.29) is 36.2 Å². The Kier molecular flexibility index (Phi) is 5.37. The van der Waals surface area contributed by atoms with Gasteiger partial charge >= 0.3 is 5.97 Å². The molecule has 3 aromatic rings. The fourth-order valence-electron chi connectivity index (χ4n) is 3.55. The number of fused-ring (bicyclic) bond motifs is 1. The van der Waals surface area contributed by atoms with E-state index in [2.05, 4.69) is 21.3 Å². The molecule has 0 radical (unpaired) electrons. The highest BCUT2D eigenvalue weighted by Gasteiger charge is 2.36. The molecule has 0 aliphatic carbocycles. The summed E-state index contributed by atoms with van der Waals surface area (Å²) in [6.07, 6.45) is 3.18. The summed E-state index contributed by atoms with van der Waals surface area (Å²) in [7, 11) is 0. The molecule has 0 saturated carbocycles. The Balaban J connectivity index is 1.81. The zero-order valence-electron chi connectivity index (χ0n) is 16.6. The van der Waals surface area contributed by atoms with Crippen molar-refractivity contribution in [2.45, 2.75) is 19.3 Å². The van der Waals surface area contributed by atoms with Gasteiger partial charge in [0.1, 0.15) is 17.5 Å². The van der Waals surface area contributed by atoms with E-state index in [9.17, 15) is 14.4 Å². The lowest BCUT2D eigenvalue weighted by Crippen LogP contribution is -2.22. The highest BCUT2D eigenvalue weighted by atomic mass is 19.1. The Bertz CT molecular complexity index is 1210. The fourth-order valence-corrected chi connectivity index (χ4v) is 3.55. The van der Waals surface area contributed by atoms with E-state index in [1.807, 2.05) is 6.07 Å². The largest absolute Gasteiger partial charge is 0.466 e. The van der Waals surface area contributed by atoms with Gasteiger partial charge in [0.15, 0.2) is 0 Å². The number of aromatic amines is 1. The number of hydrogen-bond acceptors (Lipinski definition) is 7. The zero-order chi connectivity index (χ0) is 22.0. The van der Waals surface area contributed by atoms with Gasteiger partial charge in [0.25, 0.3) is 0 Å². The Hall–Kier alpha value is -4.19. The number of benzene rings is 1. The number of nitriles is 1. The molecule has 1 aromatic carbocycles. The maximum absolute atomic E-state index is 13.3. The van der Waals surface area contributed by atoms with E-state index < -0.39 is 11.9 Å². The average Bonchev–Trinajstić information content (AvgIpc) is 3.15. The Labute approximate surface area is 177 Å². The number of ether oxygens (including phenoxy) is 2. The number of H-pyrrole nitrogens is 1. The van der Waals surface area contributed by atoms with Gasteiger partial charge in [-0.15, -0.1) is 5.10 Å². The van der Waals surface area contributed by atoms with Gasteiger partial charge in [-0.05, 0) is 36.2 Å². The smallest absolute Gasteiger partial charge is 0.311 e. The molecule has 3 N–H and O–H groups in total. The number of hydrogen-bond donors (Lipinski definition) is 2. The molecule has 0 fully saturated rings. The van der Waals surface area contributed by atoms with Crippen LogP contribution in [-0.2, 0) is 16.0 Å². The minimum Gasteiger partial charge on any atom is -0.466 e. The third-order valence-electron chi connectivity index (χ3n) is 4.91. The van der Waals surface area contributed by atoms with Crippen molar-refractivity contribution >= 4 is 5.97 Å². The second-order valence-corrected chi connectivity index (χ2v) is 6.84. The first-order valence-electron chi connectivity index (χ1n) is 9.53. The Morgan fingerprint density at radius 2 is 2.10 bits per heavy atom. The predicted octanol–water partition coefficient (Wildman–Crippen LogP) is 2.93. The van der Waals surface area contributed by atoms with Crippen molar-refractivity contribution in [2.75, 3.05) is 6.61 Å². The summed E-state index contributed by atoms with van der Waals surface area (Å²) in [4.78, 5) is 16.4. The van der Waals surface area contributed by atoms with Crippen molar-refractivity contribution in [3.8, 4) is 23.1 Å². The molecular weight excluding hydrogens is 401 g/mol. The number of pyridine rings is 1. The number of allylic oxidation sites excluding steroid dienone is 1. The van der Waals surface area contributed by atoms with Crippen molar-refractivity contribution in [3.05, 3.63) is 76.8 Å². The first kappa shape index (κ1) is 20.1. The molecule has 31 heavy (non-hydrogen) atoms. The quantitative estimate of drug-likeness (QED) is 0.609. The van der Waals surface area contributed by atoms with E-state index in [0.717, 1.165) is 11.1 Å². The van der Waals surface area contributed by atoms with Crippen LogP contribution in [0.3, 0.4) is 0 Å². The number of nitrogens with two attached hydrogens (primary N) is 1. The van der Waals surface area contributed by atoms with Crippen molar-refractivity contribution in [1.29, 1.82) is 5.26 Å². The van der Waals surface area contributed by atoms with E-state index in [4.69, 9.17) is 15.2 Å². The topological polar surface area (TPSA) is 127 Å². The number of aromatic nitrogens is 3. The first-order valence-corrected chi connectivity index (χ1v) is 9.53. The van der Waals surface area contributed by atoms with Gasteiger partial charge in [0.05, 0.1) is 30.2 Å². The minimum atomic E-state index is -0.648. The van der Waals surface area contributed by atoms with Crippen LogP contribution in [0, 0.1) is 17.1 Å². The second-order valence-electron chi connectivity index (χ2n) is 6.84. The number of nitrogens with one attached hydrogen (secondary N) is 1. The highest BCUT2D eigenvalue weighted by molar-refractivity contribution is 5.73. The van der Waals surface area contributed by atoms with Gasteiger partial charge in [0, 0.05) is 18.0 Å². The van der Waals surface area contributed by atoms with Crippen LogP contribution in [0.5, 0.6) is 5.88 Å². The summed E-state index contributed by atoms with van der Waals surface area (Å²) >= 11 is 0. The van der Waals surface area contributed by atoms with E-state index >= 15 is 0 Å². The zero-order valence-corrected chi connectivity index (χ0v) is 16.6. The van der Waals surface area contributed by atoms with Crippen molar-refractivity contribution < 1.29 is 18.7 Å². The van der Waals surface area contributed by atoms with Crippen LogP contribution in [-0.4, -0.2) is 27.8 Å². The number of carbonyl (C=O) groups is 1. The molecule has 1 aliphatic heterocycles. The van der Waals surface area contributed by atoms with Gasteiger partial charge in [-0.2, -0.15) is 5.26 Å². The second kappa shape index (κ2) is 8.28. The van der Waals surface area contributed by atoms with E-state index in [0.29, 0.717) is 16.8 Å². The van der Waals surface area contributed by atoms with Crippen LogP contribution >= 0.6 is 0 Å². The lowest BCUT2D eigenvalue weighted by molar-refractivity contribution is -0.142.